The van der Waals surface area contributed by atoms with Crippen LogP contribution in [-0.4, -0.2) is 41.7 Å². The van der Waals surface area contributed by atoms with Gasteiger partial charge in [0, 0.05) is 29.3 Å². The van der Waals surface area contributed by atoms with Gasteiger partial charge in [0.25, 0.3) is 0 Å². The fraction of sp³-hybridized carbons (Fsp3) is 0.385. The Kier molecular flexibility index (Phi) is 5.59. The number of aryl methyl sites for hydroxylation is 1. The maximum atomic E-state index is 13.9. The van der Waals surface area contributed by atoms with Gasteiger partial charge in [-0.2, -0.15) is 0 Å². The van der Waals surface area contributed by atoms with Crippen LogP contribution < -0.4 is 21.1 Å². The van der Waals surface area contributed by atoms with Gasteiger partial charge in [-0.05, 0) is 24.5 Å². The van der Waals surface area contributed by atoms with E-state index in [-0.39, 0.29) is 31.2 Å². The van der Waals surface area contributed by atoms with E-state index in [0.717, 1.165) is 5.56 Å². The highest BCUT2D eigenvalue weighted by Crippen LogP contribution is 2.54. The van der Waals surface area contributed by atoms with Crippen molar-refractivity contribution in [3.63, 3.8) is 0 Å². The van der Waals surface area contributed by atoms with E-state index in [9.17, 15) is 19.2 Å². The third-order valence-corrected chi connectivity index (χ3v) is 7.53. The Morgan fingerprint density at radius 3 is 2.54 bits per heavy atom. The van der Waals surface area contributed by atoms with Crippen molar-refractivity contribution < 1.29 is 23.9 Å². The van der Waals surface area contributed by atoms with Gasteiger partial charge < -0.3 is 15.8 Å². The number of ether oxygens (including phenoxy) is 1. The molecule has 4 atom stereocenters. The first kappa shape index (κ1) is 23.0. The van der Waals surface area contributed by atoms with Gasteiger partial charge in [0.1, 0.15) is 11.3 Å². The van der Waals surface area contributed by atoms with Gasteiger partial charge in [-0.1, -0.05) is 43.3 Å². The lowest BCUT2D eigenvalue weighted by Gasteiger charge is -2.29. The zero-order valence-corrected chi connectivity index (χ0v) is 19.7. The van der Waals surface area contributed by atoms with E-state index in [0.29, 0.717) is 29.0 Å². The number of nitrogens with zero attached hydrogens (tertiary/aromatic N) is 1. The summed E-state index contributed by atoms with van der Waals surface area (Å²) in [6, 6.07) is 12.3. The smallest absolute Gasteiger partial charge is 0.250 e. The maximum Gasteiger partial charge on any atom is 0.250 e. The van der Waals surface area contributed by atoms with Crippen molar-refractivity contribution in [2.75, 3.05) is 12.4 Å². The fourth-order valence-corrected chi connectivity index (χ4v) is 5.95. The quantitative estimate of drug-likeness (QED) is 0.519. The summed E-state index contributed by atoms with van der Waals surface area (Å²) in [5.74, 6) is -2.79. The minimum Gasteiger partial charge on any atom is -0.496 e. The molecule has 35 heavy (non-hydrogen) atoms. The summed E-state index contributed by atoms with van der Waals surface area (Å²) in [5, 5.41) is 6.31. The lowest BCUT2D eigenvalue weighted by atomic mass is 9.76. The summed E-state index contributed by atoms with van der Waals surface area (Å²) >= 11 is 0. The molecule has 3 aliphatic rings. The molecule has 4 N–H and O–H groups in total. The van der Waals surface area contributed by atoms with E-state index in [1.165, 1.54) is 12.0 Å². The average Bonchev–Trinajstić information content (AvgIpc) is 3.43. The molecule has 0 saturated carbocycles. The minimum absolute atomic E-state index is 0.0361. The van der Waals surface area contributed by atoms with Crippen molar-refractivity contribution >= 4 is 29.3 Å². The summed E-state index contributed by atoms with van der Waals surface area (Å²) in [4.78, 5) is 54.0. The second kappa shape index (κ2) is 8.49. The van der Waals surface area contributed by atoms with Crippen LogP contribution in [0.3, 0.4) is 0 Å². The number of amides is 4. The van der Waals surface area contributed by atoms with Crippen LogP contribution in [0.2, 0.25) is 0 Å². The molecule has 0 radical (unpaired) electrons. The lowest BCUT2D eigenvalue weighted by molar-refractivity contribution is -0.143. The number of hydrogen-bond donors (Lipinski definition) is 3. The number of hydrogen-bond acceptors (Lipinski definition) is 6. The normalized spacial score (nSPS) is 26.7. The molecule has 0 bridgehead atoms. The lowest BCUT2D eigenvalue weighted by Crippen LogP contribution is -2.53. The Bertz CT molecular complexity index is 1240. The summed E-state index contributed by atoms with van der Waals surface area (Å²) < 4.78 is 5.41. The van der Waals surface area contributed by atoms with E-state index in [4.69, 9.17) is 10.5 Å². The number of benzene rings is 2. The molecule has 5 rings (SSSR count). The molecule has 3 heterocycles. The van der Waals surface area contributed by atoms with Gasteiger partial charge in [0.2, 0.25) is 23.6 Å². The number of primary amides is 1. The van der Waals surface area contributed by atoms with E-state index < -0.39 is 35.2 Å². The molecule has 1 spiro atoms. The number of nitrogens with two attached hydrogens (primary N) is 1. The van der Waals surface area contributed by atoms with Crippen molar-refractivity contribution in [3.8, 4) is 5.75 Å². The second-order valence-corrected chi connectivity index (χ2v) is 9.29. The Morgan fingerprint density at radius 2 is 1.83 bits per heavy atom. The predicted molar refractivity (Wildman–Crippen MR) is 127 cm³/mol. The highest BCUT2D eigenvalue weighted by atomic mass is 16.5. The zero-order valence-electron chi connectivity index (χ0n) is 19.7. The molecule has 9 nitrogen and oxygen atoms in total. The molecule has 182 valence electrons. The number of rotatable bonds is 7. The maximum absolute atomic E-state index is 13.9. The van der Waals surface area contributed by atoms with Crippen molar-refractivity contribution in [1.29, 1.82) is 0 Å². The van der Waals surface area contributed by atoms with E-state index in [2.05, 4.69) is 10.6 Å². The van der Waals surface area contributed by atoms with Crippen LogP contribution in [0.15, 0.2) is 42.5 Å². The standard InChI is InChI=1S/C26H28N4O5/c1-3-14-8-6-9-16-22(14)28-25(34)26(16)21-20(17(29-26)11-12-19(27)31)23(32)30(24(21)33)13-15-7-4-5-10-18(15)35-2/h4-10,17,20-21,29H,3,11-13H2,1-2H3,(H2,27,31)(H,28,34). The van der Waals surface area contributed by atoms with Crippen LogP contribution in [-0.2, 0) is 37.7 Å². The molecule has 4 amide bonds. The summed E-state index contributed by atoms with van der Waals surface area (Å²) in [6.45, 7) is 2.03. The zero-order chi connectivity index (χ0) is 24.9. The van der Waals surface area contributed by atoms with Gasteiger partial charge >= 0.3 is 0 Å². The highest BCUT2D eigenvalue weighted by Gasteiger charge is 2.70. The first-order valence-corrected chi connectivity index (χ1v) is 11.8. The number of para-hydroxylation sites is 2. The monoisotopic (exact) mass is 476 g/mol. The molecule has 9 heteroatoms. The van der Waals surface area contributed by atoms with E-state index in [1.807, 2.05) is 37.3 Å². The number of likely N-dealkylation sites (tertiary alicyclic amines) is 1. The molecule has 3 aliphatic heterocycles. The first-order valence-electron chi connectivity index (χ1n) is 11.8. The molecule has 2 saturated heterocycles. The van der Waals surface area contributed by atoms with Crippen LogP contribution in [0, 0.1) is 11.8 Å². The minimum atomic E-state index is -1.39. The predicted octanol–water partition coefficient (Wildman–Crippen LogP) is 1.44. The third kappa shape index (κ3) is 3.33. The highest BCUT2D eigenvalue weighted by molar-refractivity contribution is 6.15. The number of methoxy groups -OCH3 is 1. The Labute approximate surface area is 203 Å². The third-order valence-electron chi connectivity index (χ3n) is 7.53. The largest absolute Gasteiger partial charge is 0.496 e. The van der Waals surface area contributed by atoms with Gasteiger partial charge in [-0.3, -0.25) is 29.4 Å². The van der Waals surface area contributed by atoms with Gasteiger partial charge in [0.15, 0.2) is 0 Å². The average molecular weight is 477 g/mol. The second-order valence-electron chi connectivity index (χ2n) is 9.29. The summed E-state index contributed by atoms with van der Waals surface area (Å²) in [7, 11) is 1.53. The van der Waals surface area contributed by atoms with E-state index in [1.54, 1.807) is 12.1 Å². The van der Waals surface area contributed by atoms with E-state index >= 15 is 0 Å². The van der Waals surface area contributed by atoms with Crippen molar-refractivity contribution in [2.45, 2.75) is 44.3 Å². The number of anilines is 1. The molecule has 2 fully saturated rings. The Balaban J connectivity index is 1.60. The topological polar surface area (TPSA) is 131 Å². The first-order chi connectivity index (χ1) is 16.8. The Hall–Kier alpha value is -3.72. The van der Waals surface area contributed by atoms with Crippen molar-refractivity contribution in [1.82, 2.24) is 10.2 Å². The van der Waals surface area contributed by atoms with Crippen LogP contribution in [0.25, 0.3) is 0 Å². The molecule has 2 aromatic carbocycles. The Morgan fingerprint density at radius 1 is 1.09 bits per heavy atom. The van der Waals surface area contributed by atoms with Crippen LogP contribution >= 0.6 is 0 Å². The van der Waals surface area contributed by atoms with Crippen LogP contribution in [0.1, 0.15) is 36.5 Å². The van der Waals surface area contributed by atoms with Crippen LogP contribution in [0.5, 0.6) is 5.75 Å². The number of fused-ring (bicyclic) bond motifs is 4. The van der Waals surface area contributed by atoms with Gasteiger partial charge in [0.05, 0.1) is 25.5 Å². The van der Waals surface area contributed by atoms with Gasteiger partial charge in [-0.25, -0.2) is 0 Å². The fourth-order valence-electron chi connectivity index (χ4n) is 5.95. The summed E-state index contributed by atoms with van der Waals surface area (Å²) in [6.07, 6.45) is 0.982. The number of carbonyl (C=O) groups excluding carboxylic acids is 4. The van der Waals surface area contributed by atoms with Crippen molar-refractivity contribution in [2.24, 2.45) is 17.6 Å². The molecule has 0 aromatic heterocycles. The molecular weight excluding hydrogens is 448 g/mol. The van der Waals surface area contributed by atoms with Gasteiger partial charge in [-0.15, -0.1) is 0 Å². The molecule has 2 aromatic rings. The molecule has 0 aliphatic carbocycles. The number of imide groups is 1. The SMILES string of the molecule is CCc1cccc2c1NC(=O)C21NC(CCC(N)=O)C2C(=O)N(Cc3ccccc3OC)C(=O)C21. The number of carbonyl (C=O) groups is 4. The summed E-state index contributed by atoms with van der Waals surface area (Å²) in [5.41, 5.74) is 7.00. The van der Waals surface area contributed by atoms with Crippen molar-refractivity contribution in [3.05, 3.63) is 59.2 Å². The molecular formula is C26H28N4O5. The number of nitrogens with one attached hydrogen (secondary N) is 2. The van der Waals surface area contributed by atoms with Crippen LogP contribution in [0.4, 0.5) is 5.69 Å². The molecule has 4 unspecified atom stereocenters.